The van der Waals surface area contributed by atoms with Gasteiger partial charge in [-0.15, -0.1) is 0 Å². The van der Waals surface area contributed by atoms with Gasteiger partial charge in [-0.1, -0.05) is 23.9 Å². The standard InChI is InChI=1S/C25H29N3O5S/c1-31-18-8-9-20(23(16-18)32-2)22(29)17-34-25-26-21-7-4-3-6-19(21)24(30)28(25)11-5-10-27-12-14-33-15-13-27/h3-4,6-9,16H,5,10-15,17H2,1-2H3. The van der Waals surface area contributed by atoms with E-state index in [0.29, 0.717) is 39.7 Å². The van der Waals surface area contributed by atoms with Crippen LogP contribution in [0.4, 0.5) is 0 Å². The number of morpholine rings is 1. The summed E-state index contributed by atoms with van der Waals surface area (Å²) in [5, 5.41) is 1.13. The lowest BCUT2D eigenvalue weighted by atomic mass is 10.1. The third kappa shape index (κ3) is 5.60. The first-order valence-electron chi connectivity index (χ1n) is 11.3. The van der Waals surface area contributed by atoms with Crippen LogP contribution in [0, 0.1) is 0 Å². The van der Waals surface area contributed by atoms with Crippen molar-refractivity contribution < 1.29 is 19.0 Å². The van der Waals surface area contributed by atoms with Gasteiger partial charge >= 0.3 is 0 Å². The molecule has 0 amide bonds. The van der Waals surface area contributed by atoms with E-state index >= 15 is 0 Å². The summed E-state index contributed by atoms with van der Waals surface area (Å²) < 4.78 is 17.7. The van der Waals surface area contributed by atoms with Gasteiger partial charge in [0.15, 0.2) is 10.9 Å². The molecule has 1 fully saturated rings. The molecule has 1 aliphatic heterocycles. The number of hydrogen-bond donors (Lipinski definition) is 0. The van der Waals surface area contributed by atoms with Crippen LogP contribution in [0.3, 0.4) is 0 Å². The number of nitrogens with zero attached hydrogens (tertiary/aromatic N) is 3. The smallest absolute Gasteiger partial charge is 0.262 e. The van der Waals surface area contributed by atoms with Crippen molar-refractivity contribution in [2.24, 2.45) is 0 Å². The fraction of sp³-hybridized carbons (Fsp3) is 0.400. The van der Waals surface area contributed by atoms with Crippen LogP contribution in [-0.4, -0.2) is 73.1 Å². The lowest BCUT2D eigenvalue weighted by Gasteiger charge is -2.26. The zero-order valence-electron chi connectivity index (χ0n) is 19.5. The molecule has 4 rings (SSSR count). The highest BCUT2D eigenvalue weighted by molar-refractivity contribution is 7.99. The van der Waals surface area contributed by atoms with Crippen LogP contribution >= 0.6 is 11.8 Å². The van der Waals surface area contributed by atoms with Crippen molar-refractivity contribution in [3.05, 3.63) is 58.4 Å². The largest absolute Gasteiger partial charge is 0.497 e. The fourth-order valence-electron chi connectivity index (χ4n) is 3.97. The van der Waals surface area contributed by atoms with E-state index in [9.17, 15) is 9.59 Å². The Bertz CT molecular complexity index is 1210. The molecule has 3 aromatic rings. The van der Waals surface area contributed by atoms with E-state index < -0.39 is 0 Å². The number of ether oxygens (including phenoxy) is 3. The summed E-state index contributed by atoms with van der Waals surface area (Å²) >= 11 is 1.28. The molecule has 0 saturated carbocycles. The summed E-state index contributed by atoms with van der Waals surface area (Å²) in [6.07, 6.45) is 0.813. The lowest BCUT2D eigenvalue weighted by Crippen LogP contribution is -2.37. The first kappa shape index (κ1) is 24.3. The van der Waals surface area contributed by atoms with Crippen LogP contribution < -0.4 is 15.0 Å². The first-order chi connectivity index (χ1) is 16.6. The van der Waals surface area contributed by atoms with Crippen molar-refractivity contribution in [1.82, 2.24) is 14.5 Å². The number of methoxy groups -OCH3 is 2. The second kappa shape index (κ2) is 11.5. The Kier molecular flexibility index (Phi) is 8.21. The molecule has 0 N–H and O–H groups in total. The molecule has 9 heteroatoms. The molecule has 1 aliphatic rings. The van der Waals surface area contributed by atoms with E-state index in [1.165, 1.54) is 18.9 Å². The minimum Gasteiger partial charge on any atom is -0.497 e. The predicted octanol–water partition coefficient (Wildman–Crippen LogP) is 3.11. The molecule has 34 heavy (non-hydrogen) atoms. The van der Waals surface area contributed by atoms with Gasteiger partial charge in [0.2, 0.25) is 0 Å². The number of carbonyl (C=O) groups is 1. The molecule has 0 unspecified atom stereocenters. The monoisotopic (exact) mass is 483 g/mol. The maximum absolute atomic E-state index is 13.3. The highest BCUT2D eigenvalue weighted by Crippen LogP contribution is 2.27. The van der Waals surface area contributed by atoms with Gasteiger partial charge in [-0.05, 0) is 30.7 Å². The SMILES string of the molecule is COc1ccc(C(=O)CSc2nc3ccccc3c(=O)n2CCCN2CCOCC2)c(OC)c1. The normalized spacial score (nSPS) is 14.3. The molecule has 2 aromatic carbocycles. The first-order valence-corrected chi connectivity index (χ1v) is 12.3. The van der Waals surface area contributed by atoms with Gasteiger partial charge in [0, 0.05) is 32.2 Å². The number of hydrogen-bond acceptors (Lipinski definition) is 8. The summed E-state index contributed by atoms with van der Waals surface area (Å²) in [5.41, 5.74) is 1.02. The van der Waals surface area contributed by atoms with Gasteiger partial charge in [0.25, 0.3) is 5.56 Å². The van der Waals surface area contributed by atoms with Crippen molar-refractivity contribution in [3.8, 4) is 11.5 Å². The second-order valence-corrected chi connectivity index (χ2v) is 8.90. The van der Waals surface area contributed by atoms with E-state index in [1.807, 2.05) is 18.2 Å². The Labute approximate surface area is 202 Å². The molecule has 0 spiro atoms. The number of Topliss-reactive ketones (excluding diaryl/α,β-unsaturated/α-hetero) is 1. The van der Waals surface area contributed by atoms with E-state index in [0.717, 1.165) is 39.3 Å². The van der Waals surface area contributed by atoms with Crippen molar-refractivity contribution >= 4 is 28.4 Å². The molecule has 2 heterocycles. The molecule has 0 aliphatic carbocycles. The van der Waals surface area contributed by atoms with Gasteiger partial charge in [-0.25, -0.2) is 4.98 Å². The Morgan fingerprint density at radius 2 is 1.88 bits per heavy atom. The molecular weight excluding hydrogens is 454 g/mol. The molecule has 1 saturated heterocycles. The van der Waals surface area contributed by atoms with Crippen LogP contribution in [0.25, 0.3) is 10.9 Å². The van der Waals surface area contributed by atoms with Crippen LogP contribution in [0.15, 0.2) is 52.4 Å². The topological polar surface area (TPSA) is 82.9 Å². The van der Waals surface area contributed by atoms with Gasteiger partial charge in [-0.2, -0.15) is 0 Å². The Morgan fingerprint density at radius 1 is 1.09 bits per heavy atom. The van der Waals surface area contributed by atoms with Crippen molar-refractivity contribution in [2.45, 2.75) is 18.1 Å². The Balaban J connectivity index is 1.54. The predicted molar refractivity (Wildman–Crippen MR) is 132 cm³/mol. The number of ketones is 1. The second-order valence-electron chi connectivity index (χ2n) is 7.95. The van der Waals surface area contributed by atoms with Crippen molar-refractivity contribution in [2.75, 3.05) is 52.8 Å². The number of fused-ring (bicyclic) bond motifs is 1. The number of thioether (sulfide) groups is 1. The molecular formula is C25H29N3O5S. The number of para-hydroxylation sites is 1. The number of aromatic nitrogens is 2. The fourth-order valence-corrected chi connectivity index (χ4v) is 4.88. The van der Waals surface area contributed by atoms with Gasteiger partial charge < -0.3 is 14.2 Å². The highest BCUT2D eigenvalue weighted by Gasteiger charge is 2.18. The van der Waals surface area contributed by atoms with E-state index in [2.05, 4.69) is 4.90 Å². The van der Waals surface area contributed by atoms with Crippen molar-refractivity contribution in [3.63, 3.8) is 0 Å². The molecule has 8 nitrogen and oxygen atoms in total. The minimum atomic E-state index is -0.105. The zero-order chi connectivity index (χ0) is 23.9. The van der Waals surface area contributed by atoms with E-state index in [-0.39, 0.29) is 17.1 Å². The molecule has 1 aromatic heterocycles. The zero-order valence-corrected chi connectivity index (χ0v) is 20.3. The van der Waals surface area contributed by atoms with E-state index in [4.69, 9.17) is 19.2 Å². The summed E-state index contributed by atoms with van der Waals surface area (Å²) in [4.78, 5) is 33.3. The molecule has 0 radical (unpaired) electrons. The van der Waals surface area contributed by atoms with E-state index in [1.54, 1.807) is 35.9 Å². The summed E-state index contributed by atoms with van der Waals surface area (Å²) in [6.45, 7) is 4.73. The van der Waals surface area contributed by atoms with Gasteiger partial charge in [-0.3, -0.25) is 19.1 Å². The van der Waals surface area contributed by atoms with Crippen LogP contribution in [-0.2, 0) is 11.3 Å². The highest BCUT2D eigenvalue weighted by atomic mass is 32.2. The number of benzene rings is 2. The van der Waals surface area contributed by atoms with Gasteiger partial charge in [0.05, 0.1) is 49.7 Å². The average molecular weight is 484 g/mol. The number of carbonyl (C=O) groups excluding carboxylic acids is 1. The Hall–Kier alpha value is -2.88. The maximum atomic E-state index is 13.3. The summed E-state index contributed by atoms with van der Waals surface area (Å²) in [7, 11) is 3.09. The third-order valence-corrected chi connectivity index (χ3v) is 6.80. The quantitative estimate of drug-likeness (QED) is 0.247. The molecule has 0 bridgehead atoms. The third-order valence-electron chi connectivity index (χ3n) is 5.83. The van der Waals surface area contributed by atoms with Crippen LogP contribution in [0.1, 0.15) is 16.8 Å². The molecule has 180 valence electrons. The van der Waals surface area contributed by atoms with Gasteiger partial charge in [0.1, 0.15) is 11.5 Å². The molecule has 0 atom stereocenters. The van der Waals surface area contributed by atoms with Crippen LogP contribution in [0.5, 0.6) is 11.5 Å². The minimum absolute atomic E-state index is 0.0791. The summed E-state index contributed by atoms with van der Waals surface area (Å²) in [6, 6.07) is 12.4. The van der Waals surface area contributed by atoms with Crippen LogP contribution in [0.2, 0.25) is 0 Å². The summed E-state index contributed by atoms with van der Waals surface area (Å²) in [5.74, 6) is 1.11. The average Bonchev–Trinajstić information content (AvgIpc) is 2.89. The van der Waals surface area contributed by atoms with Crippen molar-refractivity contribution in [1.29, 1.82) is 0 Å². The maximum Gasteiger partial charge on any atom is 0.262 e. The lowest BCUT2D eigenvalue weighted by molar-refractivity contribution is 0.0368. The number of rotatable bonds is 10. The Morgan fingerprint density at radius 3 is 2.65 bits per heavy atom.